The fourth-order valence-electron chi connectivity index (χ4n) is 2.29. The van der Waals surface area contributed by atoms with Crippen LogP contribution < -0.4 is 10.1 Å². The maximum atomic E-state index is 10.3. The van der Waals surface area contributed by atoms with Gasteiger partial charge < -0.3 is 15.2 Å². The molecule has 1 atom stereocenters. The predicted octanol–water partition coefficient (Wildman–Crippen LogP) is 3.68. The zero-order valence-corrected chi connectivity index (χ0v) is 13.3. The minimum atomic E-state index is -0.729. The highest BCUT2D eigenvalue weighted by atomic mass is 16.5. The average Bonchev–Trinajstić information content (AvgIpc) is 2.50. The summed E-state index contributed by atoms with van der Waals surface area (Å²) in [5, 5.41) is 13.8. The SMILES string of the molecule is CCNC(CC)c1ccccc1OCC(O)(CC)CC. The third-order valence-electron chi connectivity index (χ3n) is 3.97. The quantitative estimate of drug-likeness (QED) is 0.724. The van der Waals surface area contributed by atoms with E-state index in [2.05, 4.69) is 25.2 Å². The van der Waals surface area contributed by atoms with Gasteiger partial charge in [-0.05, 0) is 31.9 Å². The van der Waals surface area contributed by atoms with Crippen LogP contribution >= 0.6 is 0 Å². The lowest BCUT2D eigenvalue weighted by atomic mass is 9.98. The lowest BCUT2D eigenvalue weighted by Gasteiger charge is -2.27. The van der Waals surface area contributed by atoms with Gasteiger partial charge in [0.25, 0.3) is 0 Å². The van der Waals surface area contributed by atoms with Crippen molar-refractivity contribution in [2.75, 3.05) is 13.2 Å². The van der Waals surface area contributed by atoms with Crippen LogP contribution in [0.15, 0.2) is 24.3 Å². The van der Waals surface area contributed by atoms with Crippen molar-refractivity contribution in [1.29, 1.82) is 0 Å². The largest absolute Gasteiger partial charge is 0.490 e. The van der Waals surface area contributed by atoms with Gasteiger partial charge in [-0.3, -0.25) is 0 Å². The van der Waals surface area contributed by atoms with Crippen molar-refractivity contribution in [3.05, 3.63) is 29.8 Å². The highest BCUT2D eigenvalue weighted by Crippen LogP contribution is 2.28. The molecule has 20 heavy (non-hydrogen) atoms. The summed E-state index contributed by atoms with van der Waals surface area (Å²) >= 11 is 0. The van der Waals surface area contributed by atoms with E-state index < -0.39 is 5.60 Å². The molecule has 0 spiro atoms. The minimum Gasteiger partial charge on any atom is -0.490 e. The molecule has 0 aromatic heterocycles. The molecule has 0 radical (unpaired) electrons. The molecule has 1 aromatic carbocycles. The molecular weight excluding hydrogens is 250 g/mol. The number of hydrogen-bond donors (Lipinski definition) is 2. The van der Waals surface area contributed by atoms with Crippen molar-refractivity contribution in [1.82, 2.24) is 5.32 Å². The predicted molar refractivity (Wildman–Crippen MR) is 84.2 cm³/mol. The summed E-state index contributed by atoms with van der Waals surface area (Å²) < 4.78 is 5.92. The first-order valence-electron chi connectivity index (χ1n) is 7.77. The number of hydrogen-bond acceptors (Lipinski definition) is 3. The summed E-state index contributed by atoms with van der Waals surface area (Å²) in [6.07, 6.45) is 2.42. The maximum Gasteiger partial charge on any atom is 0.124 e. The van der Waals surface area contributed by atoms with Gasteiger partial charge in [0, 0.05) is 11.6 Å². The van der Waals surface area contributed by atoms with E-state index in [0.717, 1.165) is 18.7 Å². The fraction of sp³-hybridized carbons (Fsp3) is 0.647. The van der Waals surface area contributed by atoms with E-state index in [1.54, 1.807) is 0 Å². The van der Waals surface area contributed by atoms with E-state index in [1.807, 2.05) is 32.0 Å². The third kappa shape index (κ3) is 4.50. The van der Waals surface area contributed by atoms with Gasteiger partial charge in [0.15, 0.2) is 0 Å². The molecule has 2 N–H and O–H groups in total. The molecule has 0 aliphatic rings. The summed E-state index contributed by atoms with van der Waals surface area (Å²) in [6, 6.07) is 8.40. The Morgan fingerprint density at radius 3 is 2.35 bits per heavy atom. The van der Waals surface area contributed by atoms with Gasteiger partial charge in [0.05, 0.1) is 5.60 Å². The number of aliphatic hydroxyl groups is 1. The zero-order chi connectivity index (χ0) is 15.0. The van der Waals surface area contributed by atoms with Crippen LogP contribution in [0.25, 0.3) is 0 Å². The molecule has 0 saturated carbocycles. The van der Waals surface area contributed by atoms with Crippen LogP contribution in [0.4, 0.5) is 0 Å². The molecule has 114 valence electrons. The van der Waals surface area contributed by atoms with Crippen LogP contribution in [0.3, 0.4) is 0 Å². The van der Waals surface area contributed by atoms with E-state index in [0.29, 0.717) is 25.5 Å². The first-order chi connectivity index (χ1) is 9.60. The van der Waals surface area contributed by atoms with Crippen LogP contribution in [0.2, 0.25) is 0 Å². The second-order valence-corrected chi connectivity index (χ2v) is 5.28. The second-order valence-electron chi connectivity index (χ2n) is 5.28. The van der Waals surface area contributed by atoms with Gasteiger partial charge in [-0.15, -0.1) is 0 Å². The van der Waals surface area contributed by atoms with Crippen LogP contribution in [0.1, 0.15) is 58.6 Å². The van der Waals surface area contributed by atoms with E-state index >= 15 is 0 Å². The molecule has 0 aliphatic heterocycles. The topological polar surface area (TPSA) is 41.5 Å². The van der Waals surface area contributed by atoms with Crippen molar-refractivity contribution < 1.29 is 9.84 Å². The Morgan fingerprint density at radius 1 is 1.15 bits per heavy atom. The van der Waals surface area contributed by atoms with Gasteiger partial charge in [-0.25, -0.2) is 0 Å². The number of benzene rings is 1. The molecule has 1 rings (SSSR count). The van der Waals surface area contributed by atoms with Crippen LogP contribution in [-0.4, -0.2) is 23.9 Å². The molecule has 0 fully saturated rings. The molecule has 0 saturated heterocycles. The normalized spacial score (nSPS) is 13.2. The van der Waals surface area contributed by atoms with Crippen molar-refractivity contribution in [2.24, 2.45) is 0 Å². The summed E-state index contributed by atoms with van der Waals surface area (Å²) in [5.74, 6) is 0.876. The number of ether oxygens (including phenoxy) is 1. The van der Waals surface area contributed by atoms with Gasteiger partial charge in [0.2, 0.25) is 0 Å². The lowest BCUT2D eigenvalue weighted by Crippen LogP contribution is -2.34. The monoisotopic (exact) mass is 279 g/mol. The standard InChI is InChI=1S/C17H29NO2/c1-5-15(18-8-4)14-11-9-10-12-16(14)20-13-17(19,6-2)7-3/h9-12,15,18-19H,5-8,13H2,1-4H3. The third-order valence-corrected chi connectivity index (χ3v) is 3.97. The molecule has 1 unspecified atom stereocenters. The molecule has 0 heterocycles. The maximum absolute atomic E-state index is 10.3. The first kappa shape index (κ1) is 17.0. The van der Waals surface area contributed by atoms with E-state index in [9.17, 15) is 5.11 Å². The van der Waals surface area contributed by atoms with Gasteiger partial charge in [0.1, 0.15) is 12.4 Å². The van der Waals surface area contributed by atoms with E-state index in [-0.39, 0.29) is 0 Å². The Hall–Kier alpha value is -1.06. The molecule has 0 amide bonds. The van der Waals surface area contributed by atoms with Gasteiger partial charge >= 0.3 is 0 Å². The van der Waals surface area contributed by atoms with Crippen molar-refractivity contribution in [3.8, 4) is 5.75 Å². The van der Waals surface area contributed by atoms with E-state index in [1.165, 1.54) is 5.56 Å². The Labute approximate surface area is 123 Å². The van der Waals surface area contributed by atoms with Crippen LogP contribution in [-0.2, 0) is 0 Å². The highest BCUT2D eigenvalue weighted by Gasteiger charge is 2.24. The molecule has 3 nitrogen and oxygen atoms in total. The number of para-hydroxylation sites is 1. The summed E-state index contributed by atoms with van der Waals surface area (Å²) in [7, 11) is 0. The molecule has 0 aliphatic carbocycles. The molecule has 3 heteroatoms. The Morgan fingerprint density at radius 2 is 1.80 bits per heavy atom. The van der Waals surface area contributed by atoms with Gasteiger partial charge in [-0.1, -0.05) is 45.9 Å². The number of nitrogens with one attached hydrogen (secondary N) is 1. The minimum absolute atomic E-state index is 0.299. The van der Waals surface area contributed by atoms with Crippen molar-refractivity contribution >= 4 is 0 Å². The fourth-order valence-corrected chi connectivity index (χ4v) is 2.29. The van der Waals surface area contributed by atoms with Crippen molar-refractivity contribution in [2.45, 2.75) is 58.6 Å². The molecular formula is C17H29NO2. The summed E-state index contributed by atoms with van der Waals surface area (Å²) in [5.41, 5.74) is 0.443. The Balaban J connectivity index is 2.85. The summed E-state index contributed by atoms with van der Waals surface area (Å²) in [4.78, 5) is 0. The second kappa shape index (κ2) is 8.28. The zero-order valence-electron chi connectivity index (χ0n) is 13.3. The van der Waals surface area contributed by atoms with E-state index in [4.69, 9.17) is 4.74 Å². The van der Waals surface area contributed by atoms with Crippen molar-refractivity contribution in [3.63, 3.8) is 0 Å². The Kier molecular flexibility index (Phi) is 7.03. The first-order valence-corrected chi connectivity index (χ1v) is 7.77. The average molecular weight is 279 g/mol. The molecule has 0 bridgehead atoms. The number of rotatable bonds is 9. The summed E-state index contributed by atoms with van der Waals surface area (Å²) in [6.45, 7) is 9.54. The highest BCUT2D eigenvalue weighted by molar-refractivity contribution is 5.36. The van der Waals surface area contributed by atoms with Crippen LogP contribution in [0.5, 0.6) is 5.75 Å². The molecule has 1 aromatic rings. The smallest absolute Gasteiger partial charge is 0.124 e. The van der Waals surface area contributed by atoms with Gasteiger partial charge in [-0.2, -0.15) is 0 Å². The van der Waals surface area contributed by atoms with Crippen LogP contribution in [0, 0.1) is 0 Å². The Bertz CT molecular complexity index is 388. The lowest BCUT2D eigenvalue weighted by molar-refractivity contribution is -0.0117.